The fraction of sp³-hybridized carbons (Fsp3) is 0. The Balaban J connectivity index is 1.73. The van der Waals surface area contributed by atoms with Gasteiger partial charge in [-0.05, 0) is 36.4 Å². The summed E-state index contributed by atoms with van der Waals surface area (Å²) in [4.78, 5) is 0. The molecule has 6 aromatic rings. The average molecular weight is 720 g/mol. The lowest BCUT2D eigenvalue weighted by Gasteiger charge is -2.23. The van der Waals surface area contributed by atoms with Crippen LogP contribution in [-0.4, -0.2) is 7.12 Å². The molecule has 0 aliphatic rings. The first-order chi connectivity index (χ1) is 23.5. The molecule has 0 aliphatic heterocycles. The van der Waals surface area contributed by atoms with Crippen LogP contribution in [0.1, 0.15) is 0 Å². The molecule has 6 rings (SSSR count). The molecule has 0 fully saturated rings. The summed E-state index contributed by atoms with van der Waals surface area (Å²) < 4.78 is 231. The number of fused-ring (bicyclic) bond motifs is 2. The molecular weight excluding hydrogens is 712 g/mol. The highest BCUT2D eigenvalue weighted by Gasteiger charge is 2.43. The van der Waals surface area contributed by atoms with Gasteiger partial charge in [-0.15, -0.1) is 0 Å². The minimum atomic E-state index is -3.15. The van der Waals surface area contributed by atoms with Gasteiger partial charge in [0.1, 0.15) is 46.4 Å². The quantitative estimate of drug-likeness (QED) is 0.0739. The maximum absolute atomic E-state index is 15.8. The normalized spacial score (nSPS) is 11.5. The first-order valence-electron chi connectivity index (χ1n) is 13.4. The molecule has 0 saturated carbocycles. The molecule has 0 N–H and O–H groups in total. The number of halogens is 15. The molecule has 6 aromatic carbocycles. The summed E-state index contributed by atoms with van der Waals surface area (Å²) >= 11 is 0. The summed E-state index contributed by atoms with van der Waals surface area (Å²) in [5.74, 6) is -36.2. The Morgan fingerprint density at radius 1 is 0.360 bits per heavy atom. The van der Waals surface area contributed by atoms with Crippen molar-refractivity contribution in [2.45, 2.75) is 0 Å². The summed E-state index contributed by atoms with van der Waals surface area (Å²) in [7, 11) is -3.15. The minimum Gasteiger partial charge on any atom is -0.521 e. The Kier molecular flexibility index (Phi) is 8.52. The zero-order valence-corrected chi connectivity index (χ0v) is 23.7. The van der Waals surface area contributed by atoms with Crippen LogP contribution in [0, 0.1) is 87.3 Å². The van der Waals surface area contributed by atoms with Gasteiger partial charge in [0.05, 0.1) is 21.8 Å². The zero-order valence-electron chi connectivity index (χ0n) is 23.7. The first-order valence-corrected chi connectivity index (χ1v) is 13.4. The van der Waals surface area contributed by atoms with Crippen molar-refractivity contribution >= 4 is 34.1 Å². The van der Waals surface area contributed by atoms with Gasteiger partial charge in [-0.25, -0.2) is 65.9 Å². The molecule has 0 radical (unpaired) electrons. The molecule has 50 heavy (non-hydrogen) atoms. The lowest BCUT2D eigenvalue weighted by Crippen LogP contribution is -2.47. The summed E-state index contributed by atoms with van der Waals surface area (Å²) in [6.45, 7) is 0. The van der Waals surface area contributed by atoms with Crippen LogP contribution in [0.3, 0.4) is 0 Å². The lowest BCUT2D eigenvalue weighted by molar-refractivity contribution is 0.379. The van der Waals surface area contributed by atoms with E-state index in [0.717, 1.165) is 0 Å². The first kappa shape index (κ1) is 34.3. The van der Waals surface area contributed by atoms with E-state index >= 15 is 17.6 Å². The van der Waals surface area contributed by atoms with Crippen LogP contribution in [0.15, 0.2) is 48.5 Å². The van der Waals surface area contributed by atoms with E-state index in [9.17, 15) is 48.3 Å². The van der Waals surface area contributed by atoms with E-state index < -0.39 is 144 Å². The third-order valence-electron chi connectivity index (χ3n) is 7.35. The third-order valence-corrected chi connectivity index (χ3v) is 7.35. The Labute approximate surface area is 268 Å². The molecule has 0 unspecified atom stereocenters. The van der Waals surface area contributed by atoms with E-state index in [1.54, 1.807) is 0 Å². The van der Waals surface area contributed by atoms with Gasteiger partial charge in [0.2, 0.25) is 5.82 Å². The summed E-state index contributed by atoms with van der Waals surface area (Å²) in [6, 6.07) is 3.17. The second-order valence-corrected chi connectivity index (χ2v) is 10.3. The predicted octanol–water partition coefficient (Wildman–Crippen LogP) is 9.60. The smallest absolute Gasteiger partial charge is 0.521 e. The molecule has 0 bridgehead atoms. The fourth-order valence-electron chi connectivity index (χ4n) is 5.18. The van der Waals surface area contributed by atoms with Gasteiger partial charge in [-0.2, -0.15) is 0 Å². The van der Waals surface area contributed by atoms with Gasteiger partial charge < -0.3 is 9.31 Å². The molecule has 0 spiro atoms. The molecule has 256 valence electrons. The summed E-state index contributed by atoms with van der Waals surface area (Å²) in [5, 5.41) is -3.87. The van der Waals surface area contributed by atoms with Crippen LogP contribution < -0.4 is 14.8 Å². The maximum atomic E-state index is 15.8. The van der Waals surface area contributed by atoms with E-state index in [1.165, 1.54) is 0 Å². The maximum Gasteiger partial charge on any atom is 0.636 e. The molecule has 0 aliphatic carbocycles. The van der Waals surface area contributed by atoms with Crippen LogP contribution in [0.4, 0.5) is 65.9 Å². The van der Waals surface area contributed by atoms with Crippen LogP contribution >= 0.6 is 0 Å². The second-order valence-electron chi connectivity index (χ2n) is 10.3. The Hall–Kier alpha value is -5.55. The molecule has 0 amide bonds. The minimum absolute atomic E-state index is 0.197. The van der Waals surface area contributed by atoms with Crippen LogP contribution in [0.5, 0.6) is 11.5 Å². The highest BCUT2D eigenvalue weighted by Crippen LogP contribution is 2.38. The van der Waals surface area contributed by atoms with Crippen molar-refractivity contribution in [3.63, 3.8) is 0 Å². The van der Waals surface area contributed by atoms with Crippen LogP contribution in [-0.2, 0) is 0 Å². The van der Waals surface area contributed by atoms with E-state index in [4.69, 9.17) is 9.31 Å². The third kappa shape index (κ3) is 5.38. The molecule has 18 heteroatoms. The van der Waals surface area contributed by atoms with E-state index in [1.807, 2.05) is 0 Å². The Morgan fingerprint density at radius 2 is 0.720 bits per heavy atom. The fourth-order valence-corrected chi connectivity index (χ4v) is 5.18. The van der Waals surface area contributed by atoms with Gasteiger partial charge in [0, 0.05) is 28.5 Å². The number of hydrogen-bond acceptors (Lipinski definition) is 2. The van der Waals surface area contributed by atoms with Crippen molar-refractivity contribution in [3.8, 4) is 22.6 Å². The average Bonchev–Trinajstić information content (AvgIpc) is 3.05. The topological polar surface area (TPSA) is 18.5 Å². The van der Waals surface area contributed by atoms with Crippen molar-refractivity contribution in [2.24, 2.45) is 0 Å². The monoisotopic (exact) mass is 720 g/mol. The van der Waals surface area contributed by atoms with Gasteiger partial charge in [-0.3, -0.25) is 0 Å². The van der Waals surface area contributed by atoms with E-state index in [0.29, 0.717) is 36.4 Å². The van der Waals surface area contributed by atoms with Crippen molar-refractivity contribution < 1.29 is 75.2 Å². The van der Waals surface area contributed by atoms with Gasteiger partial charge >= 0.3 is 7.12 Å². The molecule has 0 aromatic heterocycles. The zero-order chi connectivity index (χ0) is 36.5. The SMILES string of the molecule is Fc1cc(F)c2c(F)ccc(OB(Oc3ccc(F)c4c(F)cc(F)cc34)c3c(F)c(F)c(F)c(F)c3-c3c(F)c(F)c(F)c(F)c3F)c2c1. The van der Waals surface area contributed by atoms with Gasteiger partial charge in [-0.1, -0.05) is 0 Å². The summed E-state index contributed by atoms with van der Waals surface area (Å²) in [5.41, 5.74) is -6.74. The second kappa shape index (κ2) is 12.4. The predicted molar refractivity (Wildman–Crippen MR) is 146 cm³/mol. The van der Waals surface area contributed by atoms with Gasteiger partial charge in [0.15, 0.2) is 46.5 Å². The van der Waals surface area contributed by atoms with Crippen molar-refractivity contribution in [1.82, 2.24) is 0 Å². The van der Waals surface area contributed by atoms with Crippen LogP contribution in [0.2, 0.25) is 0 Å². The van der Waals surface area contributed by atoms with Crippen molar-refractivity contribution in [2.75, 3.05) is 0 Å². The molecule has 2 nitrogen and oxygen atoms in total. The Morgan fingerprint density at radius 3 is 1.14 bits per heavy atom. The number of rotatable bonds is 6. The van der Waals surface area contributed by atoms with Gasteiger partial charge in [0.25, 0.3) is 0 Å². The molecule has 0 atom stereocenters. The largest absolute Gasteiger partial charge is 0.636 e. The van der Waals surface area contributed by atoms with Crippen molar-refractivity contribution in [1.29, 1.82) is 0 Å². The highest BCUT2D eigenvalue weighted by molar-refractivity contribution is 6.65. The number of hydrogen-bond donors (Lipinski definition) is 0. The number of benzene rings is 6. The molecular formula is C32H8BF15O2. The molecule has 0 saturated heterocycles. The Bertz CT molecular complexity index is 2290. The highest BCUT2D eigenvalue weighted by atomic mass is 19.2. The summed E-state index contributed by atoms with van der Waals surface area (Å²) in [6.07, 6.45) is 0. The van der Waals surface area contributed by atoms with Crippen molar-refractivity contribution in [3.05, 3.63) is 136 Å². The van der Waals surface area contributed by atoms with Crippen LogP contribution in [0.25, 0.3) is 32.7 Å². The lowest BCUT2D eigenvalue weighted by atomic mass is 9.72. The molecule has 0 heterocycles. The van der Waals surface area contributed by atoms with E-state index in [2.05, 4.69) is 0 Å². The standard InChI is InChI=1S/C32H8BF15O2/c34-9-5-11-17(3-1-13(36)19(11)15(38)7-9)49-33(50-18-4-2-14(37)20-12(18)6-10(35)8-16(20)39)23-21(24(40)28(44)31(47)27(23)43)22-25(41)29(45)32(48)30(46)26(22)42/h1-8H. The van der Waals surface area contributed by atoms with E-state index in [-0.39, 0.29) is 12.1 Å².